The maximum absolute atomic E-state index is 12.8. The van der Waals surface area contributed by atoms with Gasteiger partial charge in [0.15, 0.2) is 0 Å². The van der Waals surface area contributed by atoms with E-state index in [1.807, 2.05) is 20.8 Å². The van der Waals surface area contributed by atoms with Gasteiger partial charge in [-0.3, -0.25) is 0 Å². The van der Waals surface area contributed by atoms with Crippen molar-refractivity contribution in [1.29, 1.82) is 0 Å². The molecule has 1 aromatic heterocycles. The molecule has 0 spiro atoms. The van der Waals surface area contributed by atoms with Gasteiger partial charge < -0.3 is 0 Å². The van der Waals surface area contributed by atoms with E-state index in [2.05, 4.69) is 33.9 Å². The summed E-state index contributed by atoms with van der Waals surface area (Å²) in [5.41, 5.74) is -0.491. The van der Waals surface area contributed by atoms with Gasteiger partial charge in [0, 0.05) is 0 Å². The Hall–Kier alpha value is -0.301. The number of carbonyl (C=O) groups excluding carboxylic acids is 1. The van der Waals surface area contributed by atoms with Crippen molar-refractivity contribution in [2.75, 3.05) is 11.4 Å². The first-order valence-corrected chi connectivity index (χ1v) is 20.0. The number of aromatic nitrogens is 1. The van der Waals surface area contributed by atoms with Gasteiger partial charge in [0.25, 0.3) is 0 Å². The molecule has 0 aromatic carbocycles. The summed E-state index contributed by atoms with van der Waals surface area (Å²) in [6.07, 6.45) is 10.6. The van der Waals surface area contributed by atoms with E-state index in [-0.39, 0.29) is 6.09 Å². The van der Waals surface area contributed by atoms with Crippen LogP contribution in [-0.2, 0) is 4.74 Å². The number of nitrogens with zero attached hydrogens (tertiary/aromatic N) is 2. The summed E-state index contributed by atoms with van der Waals surface area (Å²) in [6.45, 7) is 15.4. The Labute approximate surface area is 187 Å². The van der Waals surface area contributed by atoms with Crippen molar-refractivity contribution in [3.05, 3.63) is 6.20 Å². The molecule has 1 rings (SSSR count). The molecule has 29 heavy (non-hydrogen) atoms. The Morgan fingerprint density at radius 2 is 1.52 bits per heavy atom. The number of hydrogen-bond donors (Lipinski definition) is 0. The SMILES string of the molecule is CCC[CH2][Sn]([CH2]CCC)([CH2]CCC)[c]1cnc(N(CCC)C(=O)OC(C)(C)C)s1. The summed E-state index contributed by atoms with van der Waals surface area (Å²) in [7, 11) is 0. The van der Waals surface area contributed by atoms with Gasteiger partial charge in [-0.25, -0.2) is 0 Å². The summed E-state index contributed by atoms with van der Waals surface area (Å²) >= 11 is -0.700. The Balaban J connectivity index is 3.22. The molecule has 0 aliphatic rings. The van der Waals surface area contributed by atoms with Crippen LogP contribution in [0.4, 0.5) is 9.93 Å². The summed E-state index contributed by atoms with van der Waals surface area (Å²) in [6, 6.07) is 0. The fraction of sp³-hybridized carbons (Fsp3) is 0.826. The molecule has 0 aliphatic carbocycles. The van der Waals surface area contributed by atoms with Crippen molar-refractivity contribution >= 4 is 43.8 Å². The number of unbranched alkanes of at least 4 members (excludes halogenated alkanes) is 3. The predicted molar refractivity (Wildman–Crippen MR) is 131 cm³/mol. The summed E-state index contributed by atoms with van der Waals surface area (Å²) < 4.78 is 11.5. The number of ether oxygens (including phenoxy) is 1. The van der Waals surface area contributed by atoms with Crippen molar-refractivity contribution in [1.82, 2.24) is 4.98 Å². The minimum absolute atomic E-state index is 0.267. The van der Waals surface area contributed by atoms with Crippen molar-refractivity contribution < 1.29 is 9.53 Å². The van der Waals surface area contributed by atoms with Gasteiger partial charge in [-0.2, -0.15) is 0 Å². The van der Waals surface area contributed by atoms with Crippen LogP contribution in [0.2, 0.25) is 13.3 Å². The standard InChI is InChI=1S/C11H17N2O2S.3C4H9.Sn/c1-5-7-13(9-12-6-8-16-9)10(14)15-11(2,3)4;3*1-3-4-2;/h6H,5,7H2,1-4H3;3*1,3-4H2,2H3;. The predicted octanol–water partition coefficient (Wildman–Crippen LogP) is 7.35. The van der Waals surface area contributed by atoms with Crippen LogP contribution in [0, 0.1) is 0 Å². The zero-order valence-corrected chi connectivity index (χ0v) is 23.6. The second kappa shape index (κ2) is 13.2. The van der Waals surface area contributed by atoms with Gasteiger partial charge in [0.2, 0.25) is 0 Å². The van der Waals surface area contributed by atoms with E-state index >= 15 is 0 Å². The maximum atomic E-state index is 12.8. The van der Waals surface area contributed by atoms with Crippen LogP contribution in [0.3, 0.4) is 0 Å². The fourth-order valence-corrected chi connectivity index (χ4v) is 23.4. The molecule has 0 saturated carbocycles. The molecular formula is C23H44N2O2SSn. The van der Waals surface area contributed by atoms with Gasteiger partial charge in [-0.1, -0.05) is 0 Å². The number of anilines is 1. The molecule has 0 N–H and O–H groups in total. The molecule has 0 saturated heterocycles. The van der Waals surface area contributed by atoms with Crippen LogP contribution in [-0.4, -0.2) is 41.6 Å². The molecule has 1 amide bonds. The van der Waals surface area contributed by atoms with Gasteiger partial charge in [-0.05, 0) is 0 Å². The first-order valence-electron chi connectivity index (χ1n) is 11.7. The molecule has 0 bridgehead atoms. The summed E-state index contributed by atoms with van der Waals surface area (Å²) in [4.78, 5) is 19.3. The third-order valence-corrected chi connectivity index (χ3v) is 24.5. The van der Waals surface area contributed by atoms with Gasteiger partial charge in [-0.15, -0.1) is 0 Å². The van der Waals surface area contributed by atoms with Crippen molar-refractivity contribution in [3.63, 3.8) is 0 Å². The quantitative estimate of drug-likeness (QED) is 0.250. The Kier molecular flexibility index (Phi) is 12.2. The second-order valence-corrected chi connectivity index (χ2v) is 24.4. The summed E-state index contributed by atoms with van der Waals surface area (Å²) in [5, 5.41) is 0.835. The monoisotopic (exact) mass is 532 g/mol. The van der Waals surface area contributed by atoms with Crippen LogP contribution < -0.4 is 7.79 Å². The molecule has 0 radical (unpaired) electrons. The van der Waals surface area contributed by atoms with E-state index in [1.54, 1.807) is 19.1 Å². The van der Waals surface area contributed by atoms with Crippen molar-refractivity contribution in [2.24, 2.45) is 0 Å². The van der Waals surface area contributed by atoms with Crippen LogP contribution in [0.25, 0.3) is 0 Å². The van der Waals surface area contributed by atoms with Gasteiger partial charge in [0.05, 0.1) is 0 Å². The van der Waals surface area contributed by atoms with E-state index in [4.69, 9.17) is 9.72 Å². The van der Waals surface area contributed by atoms with E-state index in [0.717, 1.165) is 11.6 Å². The molecule has 168 valence electrons. The molecule has 1 aromatic rings. The zero-order valence-electron chi connectivity index (χ0n) is 20.0. The molecule has 6 heteroatoms. The number of rotatable bonds is 13. The summed E-state index contributed by atoms with van der Waals surface area (Å²) in [5.74, 6) is 0. The molecule has 0 unspecified atom stereocenters. The van der Waals surface area contributed by atoms with E-state index in [0.29, 0.717) is 6.54 Å². The number of amides is 1. The number of carbonyl (C=O) groups is 1. The van der Waals surface area contributed by atoms with Crippen LogP contribution in [0.1, 0.15) is 93.4 Å². The molecular weight excluding hydrogens is 487 g/mol. The second-order valence-electron chi connectivity index (χ2n) is 9.23. The van der Waals surface area contributed by atoms with Crippen molar-refractivity contribution in [2.45, 2.75) is 112 Å². The third kappa shape index (κ3) is 8.76. The van der Waals surface area contributed by atoms with Crippen LogP contribution >= 0.6 is 11.3 Å². The molecule has 1 heterocycles. The van der Waals surface area contributed by atoms with E-state index < -0.39 is 24.0 Å². The molecule has 0 aliphatic heterocycles. The molecule has 4 nitrogen and oxygen atoms in total. The number of hydrogen-bond acceptors (Lipinski definition) is 4. The molecule has 0 atom stereocenters. The normalized spacial score (nSPS) is 12.2. The fourth-order valence-electron chi connectivity index (χ4n) is 3.73. The third-order valence-electron chi connectivity index (χ3n) is 5.33. The average Bonchev–Trinajstić information content (AvgIpc) is 3.14. The Morgan fingerprint density at radius 1 is 1.00 bits per heavy atom. The van der Waals surface area contributed by atoms with E-state index in [9.17, 15) is 4.79 Å². The first-order chi connectivity index (χ1) is 13.7. The van der Waals surface area contributed by atoms with E-state index in [1.165, 1.54) is 51.8 Å². The van der Waals surface area contributed by atoms with Crippen LogP contribution in [0.5, 0.6) is 0 Å². The topological polar surface area (TPSA) is 42.4 Å². The Bertz CT molecular complexity index is 576. The molecule has 0 fully saturated rings. The van der Waals surface area contributed by atoms with Crippen LogP contribution in [0.15, 0.2) is 6.20 Å². The number of thiazole rings is 1. The average molecular weight is 531 g/mol. The van der Waals surface area contributed by atoms with Gasteiger partial charge >= 0.3 is 188 Å². The zero-order chi connectivity index (χ0) is 21.9. The van der Waals surface area contributed by atoms with Gasteiger partial charge in [0.1, 0.15) is 0 Å². The first kappa shape index (κ1) is 26.7. The van der Waals surface area contributed by atoms with Crippen molar-refractivity contribution in [3.8, 4) is 0 Å². The Morgan fingerprint density at radius 3 is 1.93 bits per heavy atom. The minimum atomic E-state index is -2.50.